The summed E-state index contributed by atoms with van der Waals surface area (Å²) in [5.74, 6) is 2.23. The molecule has 102 heavy (non-hydrogen) atoms. The van der Waals surface area contributed by atoms with E-state index in [0.717, 1.165) is 41.5 Å². The average Bonchev–Trinajstić information content (AvgIpc) is 0.780. The van der Waals surface area contributed by atoms with Crippen molar-refractivity contribution >= 4 is 150 Å². The zero-order chi connectivity index (χ0) is 72.2. The fourth-order valence-electron chi connectivity index (χ4n) is 10.4. The Morgan fingerprint density at radius 1 is 0.569 bits per heavy atom. The summed E-state index contributed by atoms with van der Waals surface area (Å²) < 4.78 is 26.7. The van der Waals surface area contributed by atoms with Crippen LogP contribution in [0.4, 0.5) is 67.2 Å². The third kappa shape index (κ3) is 20.7. The summed E-state index contributed by atoms with van der Waals surface area (Å²) >= 11 is 31.7. The number of aromatic nitrogens is 4. The predicted molar refractivity (Wildman–Crippen MR) is 400 cm³/mol. The van der Waals surface area contributed by atoms with Crippen molar-refractivity contribution in [2.75, 3.05) is 82.9 Å². The Morgan fingerprint density at radius 2 is 0.951 bits per heavy atom. The van der Waals surface area contributed by atoms with Crippen LogP contribution in [0.1, 0.15) is 80.3 Å². The molecule has 2 aromatic heterocycles. The van der Waals surface area contributed by atoms with Crippen molar-refractivity contribution in [3.05, 3.63) is 200 Å². The van der Waals surface area contributed by atoms with Crippen LogP contribution in [-0.4, -0.2) is 96.4 Å². The van der Waals surface area contributed by atoms with E-state index >= 15 is 0 Å². The Morgan fingerprint density at radius 3 is 1.31 bits per heavy atom. The number of ether oxygens (including phenoxy) is 5. The highest BCUT2D eigenvalue weighted by atomic mass is 127. The Hall–Kier alpha value is -9.28. The Balaban J connectivity index is 0.000000278. The van der Waals surface area contributed by atoms with E-state index in [0.29, 0.717) is 76.3 Å². The van der Waals surface area contributed by atoms with Gasteiger partial charge < -0.3 is 69.3 Å². The van der Waals surface area contributed by atoms with Crippen molar-refractivity contribution in [1.29, 1.82) is 0 Å². The molecule has 5 heterocycles. The monoisotopic (exact) mass is 1600 g/mol. The molecular formula is C73H77Cl5IN12O11-. The number of carbonyl (C=O) groups excluding carboxylic acids is 6. The van der Waals surface area contributed by atoms with Crippen molar-refractivity contribution in [3.63, 3.8) is 0 Å². The Bertz CT molecular complexity index is 4300. The molecule has 5 amide bonds. The number of rotatable bonds is 23. The number of benzene rings is 6. The second-order valence-electron chi connectivity index (χ2n) is 22.2. The highest BCUT2D eigenvalue weighted by Gasteiger charge is 2.39. The number of para-hydroxylation sites is 4. The van der Waals surface area contributed by atoms with Gasteiger partial charge in [-0.25, -0.2) is 19.6 Å². The number of nitrogens with zero attached hydrogens (tertiary/aromatic N) is 8. The molecule has 3 aliphatic rings. The molecule has 0 spiro atoms. The van der Waals surface area contributed by atoms with Gasteiger partial charge in [0.25, 0.3) is 0 Å². The van der Waals surface area contributed by atoms with Gasteiger partial charge in [-0.3, -0.25) is 38.8 Å². The number of methoxy groups -OCH3 is 4. The van der Waals surface area contributed by atoms with Crippen LogP contribution in [0.3, 0.4) is 0 Å². The number of allylic oxidation sites excluding steroid dienone is 1. The van der Waals surface area contributed by atoms with Gasteiger partial charge in [-0.1, -0.05) is 154 Å². The van der Waals surface area contributed by atoms with E-state index in [2.05, 4.69) is 39.1 Å². The third-order valence-electron chi connectivity index (χ3n) is 15.5. The number of Topliss-reactive ketones (excluding diaryl/α,β-unsaturated/α-hetero) is 2. The lowest BCUT2D eigenvalue weighted by Crippen LogP contribution is -3.00. The fourth-order valence-corrected chi connectivity index (χ4v) is 11.8. The Kier molecular flexibility index (Phi) is 31.4. The van der Waals surface area contributed by atoms with E-state index in [4.69, 9.17) is 97.4 Å². The first-order chi connectivity index (χ1) is 48.2. The van der Waals surface area contributed by atoms with Gasteiger partial charge in [0, 0.05) is 74.6 Å². The van der Waals surface area contributed by atoms with E-state index < -0.39 is 17.3 Å². The van der Waals surface area contributed by atoms with Crippen molar-refractivity contribution < 1.29 is 76.4 Å². The van der Waals surface area contributed by atoms with Crippen molar-refractivity contribution in [1.82, 2.24) is 19.9 Å². The molecular weight excluding hydrogens is 1530 g/mol. The lowest BCUT2D eigenvalue weighted by molar-refractivity contribution is -0.118. The van der Waals surface area contributed by atoms with Crippen molar-refractivity contribution in [2.24, 2.45) is 0 Å². The molecule has 29 heteroatoms. The molecule has 3 aliphatic heterocycles. The number of nitrogens with two attached hydrogens (primary N) is 1. The van der Waals surface area contributed by atoms with E-state index in [1.807, 2.05) is 80.6 Å². The van der Waals surface area contributed by atoms with Crippen LogP contribution >= 0.6 is 58.0 Å². The van der Waals surface area contributed by atoms with E-state index in [9.17, 15) is 28.8 Å². The topological polar surface area (TPSA) is 275 Å². The number of ketones is 2. The molecule has 1 fully saturated rings. The molecule has 5 N–H and O–H groups in total. The standard InChI is InChI=1S/C34H32Cl2N6O5.C31H30Cl2N6O4.C4H8O.C3H3ClO.CH4.HI/c1-5-23(43)15-20-10-9-11-21(14-20)18-42-32-22(17-37-33(40-32)39-25-13-8-7-12-24(25)38-28(44)6-2)19-41(34(42)45)31-29(35)26(46-3)16-27(47-4)30(31)36;1-4-21(40)13-18-8-7-9-19(12-18)16-39-29-20(15-35-30(37-29)36-23-11-6-5-10-22(23)34)17-38(31(39)41)28-26(32)24(42-2)14-25(43-3)27(28)33;1-2-4-5-3-1;1-2-3(4)5;;/h6-14,16-17H,2,5,15,18-19H2,1,3-4H3,(H,38,44)(H,37,39,40);5-12,14-15H,4,13,16-17,34H2,1-3H3,(H,35,36,37);1-4H2;2H,1H2;1H4;1H/p-1. The number of nitrogens with one attached hydrogen (secondary N) is 3. The predicted octanol–water partition coefficient (Wildman–Crippen LogP) is 13.5. The number of nitrogen functional groups attached to an aromatic ring is 1. The number of amides is 5. The van der Waals surface area contributed by atoms with Gasteiger partial charge in [0.2, 0.25) is 23.0 Å². The molecule has 11 rings (SSSR count). The first-order valence-corrected chi connectivity index (χ1v) is 33.2. The second-order valence-corrected chi connectivity index (χ2v) is 24.1. The average molecular weight is 1600 g/mol. The van der Waals surface area contributed by atoms with Gasteiger partial charge in [-0.15, -0.1) is 0 Å². The molecule has 23 nitrogen and oxygen atoms in total. The largest absolute Gasteiger partial charge is 1.00 e. The van der Waals surface area contributed by atoms with Gasteiger partial charge >= 0.3 is 12.1 Å². The quantitative estimate of drug-likeness (QED) is 0.0200. The van der Waals surface area contributed by atoms with E-state index in [-0.39, 0.29) is 136 Å². The van der Waals surface area contributed by atoms with Crippen molar-refractivity contribution in [2.45, 2.75) is 86.0 Å². The highest BCUT2D eigenvalue weighted by molar-refractivity contribution is 6.66. The molecule has 0 atom stereocenters. The van der Waals surface area contributed by atoms with Gasteiger partial charge in [-0.05, 0) is 83.1 Å². The van der Waals surface area contributed by atoms with Gasteiger partial charge in [0.05, 0.1) is 88.7 Å². The minimum Gasteiger partial charge on any atom is -1.00 e. The number of halogens is 6. The summed E-state index contributed by atoms with van der Waals surface area (Å²) in [5, 5.41) is 9.10. The summed E-state index contributed by atoms with van der Waals surface area (Å²) in [6.45, 7) is 12.6. The zero-order valence-electron chi connectivity index (χ0n) is 56.0. The van der Waals surface area contributed by atoms with Gasteiger partial charge in [-0.2, -0.15) is 9.97 Å². The molecule has 0 unspecified atom stereocenters. The normalized spacial score (nSPS) is 12.5. The number of hydrogen-bond acceptors (Lipinski definition) is 18. The van der Waals surface area contributed by atoms with Crippen LogP contribution in [0.5, 0.6) is 23.0 Å². The van der Waals surface area contributed by atoms with Crippen LogP contribution in [-0.2, 0) is 62.9 Å². The molecule has 0 radical (unpaired) electrons. The molecule has 8 aromatic rings. The number of fused-ring (bicyclic) bond motifs is 2. The maximum atomic E-state index is 14.4. The van der Waals surface area contributed by atoms with Gasteiger partial charge in [0.15, 0.2) is 0 Å². The third-order valence-corrected chi connectivity index (χ3v) is 17.1. The number of hydrogen-bond donors (Lipinski definition) is 4. The van der Waals surface area contributed by atoms with Crippen molar-refractivity contribution in [3.8, 4) is 23.0 Å². The fraction of sp³-hybridized carbons (Fsp3) is 0.260. The first-order valence-electron chi connectivity index (χ1n) is 31.3. The summed E-state index contributed by atoms with van der Waals surface area (Å²) in [4.78, 5) is 99.0. The van der Waals surface area contributed by atoms with Crippen LogP contribution in [0.25, 0.3) is 0 Å². The zero-order valence-corrected chi connectivity index (χ0v) is 62.0. The molecule has 538 valence electrons. The number of carbonyl (C=O) groups is 6. The van der Waals surface area contributed by atoms with E-state index in [1.165, 1.54) is 67.0 Å². The molecule has 1 saturated heterocycles. The van der Waals surface area contributed by atoms with Crippen LogP contribution in [0.15, 0.2) is 147 Å². The molecule has 0 aliphatic carbocycles. The highest BCUT2D eigenvalue weighted by Crippen LogP contribution is 2.50. The van der Waals surface area contributed by atoms with E-state index in [1.54, 1.807) is 54.9 Å². The minimum absolute atomic E-state index is 0. The maximum Gasteiger partial charge on any atom is 0.330 e. The lowest BCUT2D eigenvalue weighted by Gasteiger charge is -2.37. The maximum absolute atomic E-state index is 14.4. The number of anilines is 10. The van der Waals surface area contributed by atoms with Crippen LogP contribution in [0.2, 0.25) is 20.1 Å². The Labute approximate surface area is 634 Å². The summed E-state index contributed by atoms with van der Waals surface area (Å²) in [6, 6.07) is 31.6. The second kappa shape index (κ2) is 39.2. The molecule has 0 saturated carbocycles. The summed E-state index contributed by atoms with van der Waals surface area (Å²) in [5.41, 5.74) is 13.3. The lowest BCUT2D eigenvalue weighted by atomic mass is 10.0. The molecule has 0 bridgehead atoms. The smallest absolute Gasteiger partial charge is 0.330 e. The summed E-state index contributed by atoms with van der Waals surface area (Å²) in [6.07, 6.45) is 9.49. The minimum atomic E-state index is -0.509. The van der Waals surface area contributed by atoms with Crippen LogP contribution in [0, 0.1) is 0 Å². The first kappa shape index (κ1) is 81.7. The number of urea groups is 2. The summed E-state index contributed by atoms with van der Waals surface area (Å²) in [7, 11) is 5.85. The van der Waals surface area contributed by atoms with Gasteiger partial charge in [0.1, 0.15) is 66.3 Å². The van der Waals surface area contributed by atoms with Crippen LogP contribution < -0.4 is 84.2 Å². The SMILES string of the molecule is C.C1CCOC1.C=CC(=O)Cl.C=CC(=O)Nc1ccccc1Nc1ncc2c(n1)N(Cc1cccc(CC(=O)CC)c1)C(=O)N(c1c(Cl)c(OC)cc(OC)c1Cl)C2.CCC(=O)Cc1cccc(CN2C(=O)N(c3c(Cl)c(OC)cc(OC)c3Cl)Cc3cnc(Nc4ccccc4N)nc32)c1.[I-]. The molecule has 6 aromatic carbocycles.